The monoisotopic (exact) mass is 231 g/mol. The van der Waals surface area contributed by atoms with Gasteiger partial charge in [-0.25, -0.2) is 4.39 Å². The summed E-state index contributed by atoms with van der Waals surface area (Å²) in [6, 6.07) is 1.81. The van der Waals surface area contributed by atoms with E-state index in [9.17, 15) is 17.6 Å². The fourth-order valence-corrected chi connectivity index (χ4v) is 1.47. The number of hydrogen-bond donors (Lipinski definition) is 1. The molecule has 1 atom stereocenters. The van der Waals surface area contributed by atoms with Gasteiger partial charge in [0, 0.05) is 5.56 Å². The van der Waals surface area contributed by atoms with Gasteiger partial charge in [-0.3, -0.25) is 0 Å². The molecule has 0 aliphatic heterocycles. The van der Waals surface area contributed by atoms with E-state index in [1.54, 1.807) is 0 Å². The molecule has 0 saturated heterocycles. The number of halogens is 4. The summed E-state index contributed by atoms with van der Waals surface area (Å²) in [6.45, 7) is 0. The first-order valence-corrected chi connectivity index (χ1v) is 4.71. The summed E-state index contributed by atoms with van der Waals surface area (Å²) in [5.74, 6) is -0.907. The normalized spacial score (nSPS) is 16.9. The second kappa shape index (κ2) is 3.59. The molecule has 0 unspecified atom stereocenters. The Morgan fingerprint density at radius 2 is 1.88 bits per heavy atom. The molecule has 0 radical (unpaired) electrons. The standard InChI is InChI=1S/C11H9F4N/c12-9-5-7(11(13,14)15)3-4-8(9)10(16)6-1-2-6/h1,3-5,10H,2,16H2/t10-/m1/s1. The zero-order chi connectivity index (χ0) is 11.9. The summed E-state index contributed by atoms with van der Waals surface area (Å²) in [5, 5.41) is 0. The number of hydrogen-bond acceptors (Lipinski definition) is 1. The molecule has 0 aromatic heterocycles. The van der Waals surface area contributed by atoms with E-state index in [-0.39, 0.29) is 5.56 Å². The molecule has 1 aromatic carbocycles. The molecule has 0 fully saturated rings. The van der Waals surface area contributed by atoms with Crippen molar-refractivity contribution in [2.24, 2.45) is 5.73 Å². The Labute approximate surface area is 89.6 Å². The van der Waals surface area contributed by atoms with Gasteiger partial charge in [0.1, 0.15) is 5.82 Å². The Balaban J connectivity index is 2.33. The quantitative estimate of drug-likeness (QED) is 0.614. The number of allylic oxidation sites excluding steroid dienone is 1. The Bertz CT molecular complexity index is 448. The van der Waals surface area contributed by atoms with Crippen LogP contribution in [0, 0.1) is 5.82 Å². The van der Waals surface area contributed by atoms with Gasteiger partial charge in [-0.2, -0.15) is 13.2 Å². The largest absolute Gasteiger partial charge is 0.416 e. The third-order valence-electron chi connectivity index (χ3n) is 2.50. The van der Waals surface area contributed by atoms with Gasteiger partial charge in [0.05, 0.1) is 11.6 Å². The van der Waals surface area contributed by atoms with Gasteiger partial charge in [-0.15, -0.1) is 0 Å². The summed E-state index contributed by atoms with van der Waals surface area (Å²) >= 11 is 0. The average molecular weight is 231 g/mol. The van der Waals surface area contributed by atoms with E-state index in [0.29, 0.717) is 12.5 Å². The smallest absolute Gasteiger partial charge is 0.320 e. The van der Waals surface area contributed by atoms with Crippen molar-refractivity contribution in [1.82, 2.24) is 0 Å². The van der Waals surface area contributed by atoms with Crippen LogP contribution in [0.3, 0.4) is 0 Å². The first-order valence-electron chi connectivity index (χ1n) is 4.71. The second-order valence-corrected chi connectivity index (χ2v) is 3.69. The number of alkyl halides is 3. The van der Waals surface area contributed by atoms with Crippen LogP contribution in [0.5, 0.6) is 0 Å². The first kappa shape index (κ1) is 11.1. The Kier molecular flexibility index (Phi) is 2.50. The lowest BCUT2D eigenvalue weighted by molar-refractivity contribution is -0.137. The second-order valence-electron chi connectivity index (χ2n) is 3.69. The maximum Gasteiger partial charge on any atom is 0.416 e. The van der Waals surface area contributed by atoms with Crippen LogP contribution in [0.2, 0.25) is 0 Å². The molecule has 2 N–H and O–H groups in total. The van der Waals surface area contributed by atoms with Crippen LogP contribution in [0.25, 0.3) is 0 Å². The summed E-state index contributed by atoms with van der Waals surface area (Å²) < 4.78 is 50.2. The average Bonchev–Trinajstić information content (AvgIpc) is 2.98. The maximum absolute atomic E-state index is 13.4. The molecule has 0 bridgehead atoms. The van der Waals surface area contributed by atoms with Gasteiger partial charge < -0.3 is 5.73 Å². The zero-order valence-corrected chi connectivity index (χ0v) is 8.18. The van der Waals surface area contributed by atoms with E-state index in [1.165, 1.54) is 0 Å². The molecule has 16 heavy (non-hydrogen) atoms. The number of benzene rings is 1. The minimum atomic E-state index is -4.53. The van der Waals surface area contributed by atoms with Crippen molar-refractivity contribution >= 4 is 0 Å². The summed E-state index contributed by atoms with van der Waals surface area (Å²) in [4.78, 5) is 0. The van der Waals surface area contributed by atoms with Crippen LogP contribution >= 0.6 is 0 Å². The van der Waals surface area contributed by atoms with E-state index >= 15 is 0 Å². The van der Waals surface area contributed by atoms with Crippen molar-refractivity contribution in [2.45, 2.75) is 18.6 Å². The van der Waals surface area contributed by atoms with Crippen LogP contribution in [0.15, 0.2) is 29.8 Å². The molecule has 2 rings (SSSR count). The maximum atomic E-state index is 13.4. The van der Waals surface area contributed by atoms with Crippen LogP contribution in [0.4, 0.5) is 17.6 Å². The highest BCUT2D eigenvalue weighted by Gasteiger charge is 2.32. The highest BCUT2D eigenvalue weighted by molar-refractivity contribution is 5.38. The molecule has 0 heterocycles. The predicted octanol–water partition coefficient (Wildman–Crippen LogP) is 3.17. The highest BCUT2D eigenvalue weighted by Crippen LogP contribution is 2.35. The Morgan fingerprint density at radius 1 is 1.25 bits per heavy atom. The van der Waals surface area contributed by atoms with Gasteiger partial charge in [-0.1, -0.05) is 12.1 Å². The fraction of sp³-hybridized carbons (Fsp3) is 0.273. The summed E-state index contributed by atoms with van der Waals surface area (Å²) in [6.07, 6.45) is -1.99. The zero-order valence-electron chi connectivity index (χ0n) is 8.18. The van der Waals surface area contributed by atoms with Crippen molar-refractivity contribution in [3.8, 4) is 0 Å². The van der Waals surface area contributed by atoms with Gasteiger partial charge in [-0.05, 0) is 24.1 Å². The molecule has 86 valence electrons. The van der Waals surface area contributed by atoms with Crippen LogP contribution in [-0.4, -0.2) is 0 Å². The van der Waals surface area contributed by atoms with Crippen molar-refractivity contribution in [3.05, 3.63) is 46.8 Å². The topological polar surface area (TPSA) is 26.0 Å². The van der Waals surface area contributed by atoms with Crippen molar-refractivity contribution in [2.75, 3.05) is 0 Å². The van der Waals surface area contributed by atoms with Gasteiger partial charge in [0.2, 0.25) is 0 Å². The van der Waals surface area contributed by atoms with Crippen molar-refractivity contribution in [1.29, 1.82) is 0 Å². The molecular weight excluding hydrogens is 222 g/mol. The minimum absolute atomic E-state index is 0.108. The molecular formula is C11H9F4N. The molecule has 0 spiro atoms. The SMILES string of the molecule is N[C@H](C1=CC1)c1ccc(C(F)(F)F)cc1F. The van der Waals surface area contributed by atoms with Crippen LogP contribution < -0.4 is 5.73 Å². The van der Waals surface area contributed by atoms with Crippen molar-refractivity contribution < 1.29 is 17.6 Å². The van der Waals surface area contributed by atoms with E-state index < -0.39 is 23.6 Å². The minimum Gasteiger partial charge on any atom is -0.320 e. The Hall–Kier alpha value is -1.36. The van der Waals surface area contributed by atoms with Gasteiger partial charge in [0.25, 0.3) is 0 Å². The van der Waals surface area contributed by atoms with Gasteiger partial charge >= 0.3 is 6.18 Å². The first-order chi connectivity index (χ1) is 7.39. The number of nitrogens with two attached hydrogens (primary N) is 1. The lowest BCUT2D eigenvalue weighted by atomic mass is 10.0. The molecule has 1 aromatic rings. The van der Waals surface area contributed by atoms with E-state index in [2.05, 4.69) is 0 Å². The Morgan fingerprint density at radius 3 is 2.31 bits per heavy atom. The van der Waals surface area contributed by atoms with Gasteiger partial charge in [0.15, 0.2) is 0 Å². The van der Waals surface area contributed by atoms with E-state index in [4.69, 9.17) is 5.73 Å². The molecule has 1 aliphatic rings. The van der Waals surface area contributed by atoms with Crippen LogP contribution in [0.1, 0.15) is 23.6 Å². The third-order valence-corrected chi connectivity index (χ3v) is 2.50. The van der Waals surface area contributed by atoms with E-state index in [1.807, 2.05) is 6.08 Å². The molecule has 1 aliphatic carbocycles. The molecule has 1 nitrogen and oxygen atoms in total. The summed E-state index contributed by atoms with van der Waals surface area (Å²) in [7, 11) is 0. The lowest BCUT2D eigenvalue weighted by Crippen LogP contribution is -2.13. The molecule has 5 heteroatoms. The summed E-state index contributed by atoms with van der Waals surface area (Å²) in [5.41, 5.74) is 5.64. The van der Waals surface area contributed by atoms with Crippen LogP contribution in [-0.2, 0) is 6.18 Å². The molecule has 0 saturated carbocycles. The molecule has 0 amide bonds. The predicted molar refractivity (Wildman–Crippen MR) is 51.0 cm³/mol. The lowest BCUT2D eigenvalue weighted by Gasteiger charge is -2.12. The highest BCUT2D eigenvalue weighted by atomic mass is 19.4. The fourth-order valence-electron chi connectivity index (χ4n) is 1.47. The number of rotatable bonds is 2. The third kappa shape index (κ3) is 2.09. The van der Waals surface area contributed by atoms with Crippen molar-refractivity contribution in [3.63, 3.8) is 0 Å². The van der Waals surface area contributed by atoms with E-state index in [0.717, 1.165) is 17.7 Å².